The summed E-state index contributed by atoms with van der Waals surface area (Å²) >= 11 is 0. The topological polar surface area (TPSA) is 70.5 Å². The second-order valence-electron chi connectivity index (χ2n) is 3.96. The molecule has 3 atom stereocenters. The number of hydrogen-bond donors (Lipinski definition) is 2. The molecular weight excluding hydrogens is 192 g/mol. The normalized spacial score (nSPS) is 16.6. The Labute approximate surface area is 94.3 Å². The van der Waals surface area contributed by atoms with Gasteiger partial charge in [-0.15, -0.1) is 0 Å². The lowest BCUT2D eigenvalue weighted by Crippen LogP contribution is -2.27. The van der Waals surface area contributed by atoms with E-state index in [1.165, 1.54) is 0 Å². The molecule has 0 spiro atoms. The van der Waals surface area contributed by atoms with E-state index in [0.29, 0.717) is 19.8 Å². The van der Waals surface area contributed by atoms with E-state index in [4.69, 9.17) is 20.9 Å². The predicted octanol–water partition coefficient (Wildman–Crippen LogP) is 1.13. The smallest absolute Gasteiger partial charge is 0.0781 e. The van der Waals surface area contributed by atoms with Gasteiger partial charge in [0.2, 0.25) is 0 Å². The van der Waals surface area contributed by atoms with Crippen molar-refractivity contribution in [1.82, 2.24) is 0 Å². The van der Waals surface area contributed by atoms with Gasteiger partial charge in [0, 0.05) is 18.7 Å². The fraction of sp³-hybridized carbons (Fsp3) is 1.00. The second-order valence-corrected chi connectivity index (χ2v) is 3.96. The third kappa shape index (κ3) is 13.8. The fourth-order valence-corrected chi connectivity index (χ4v) is 0.883. The average molecular weight is 220 g/mol. The number of nitrogens with two attached hydrogens (primary N) is 2. The molecule has 94 valence electrons. The van der Waals surface area contributed by atoms with Crippen LogP contribution in [0.15, 0.2) is 0 Å². The number of hydrogen-bond acceptors (Lipinski definition) is 4. The number of rotatable bonds is 8. The Kier molecular flexibility index (Phi) is 11.9. The van der Waals surface area contributed by atoms with Gasteiger partial charge in [-0.2, -0.15) is 0 Å². The minimum atomic E-state index is 0. The third-order valence-electron chi connectivity index (χ3n) is 1.71. The summed E-state index contributed by atoms with van der Waals surface area (Å²) in [5, 5.41) is 0. The lowest BCUT2D eigenvalue weighted by molar-refractivity contribution is -0.0111. The van der Waals surface area contributed by atoms with Crippen molar-refractivity contribution < 1.29 is 9.47 Å². The van der Waals surface area contributed by atoms with Gasteiger partial charge in [0.25, 0.3) is 0 Å². The Morgan fingerprint density at radius 3 is 2.07 bits per heavy atom. The van der Waals surface area contributed by atoms with Crippen molar-refractivity contribution in [3.63, 3.8) is 0 Å². The van der Waals surface area contributed by atoms with Gasteiger partial charge in [-0.3, -0.25) is 0 Å². The van der Waals surface area contributed by atoms with Crippen LogP contribution in [0.2, 0.25) is 0 Å². The van der Waals surface area contributed by atoms with E-state index < -0.39 is 0 Å². The van der Waals surface area contributed by atoms with Gasteiger partial charge in [-0.25, -0.2) is 0 Å². The highest BCUT2D eigenvalue weighted by molar-refractivity contribution is 4.55. The Balaban J connectivity index is 0. The first-order chi connectivity index (χ1) is 6.52. The summed E-state index contributed by atoms with van der Waals surface area (Å²) < 4.78 is 10.8. The number of ether oxygens (including phenoxy) is 2. The first kappa shape index (κ1) is 17.2. The Morgan fingerprint density at radius 2 is 1.60 bits per heavy atom. The van der Waals surface area contributed by atoms with Crippen LogP contribution in [0.4, 0.5) is 0 Å². The molecule has 4 heteroatoms. The lowest BCUT2D eigenvalue weighted by Gasteiger charge is -2.15. The van der Waals surface area contributed by atoms with Crippen LogP contribution in [0.1, 0.15) is 34.6 Å². The SMILES string of the molecule is C.CC(N)CCOCC(C)OCC(C)N. The van der Waals surface area contributed by atoms with Crippen LogP contribution in [-0.2, 0) is 9.47 Å². The van der Waals surface area contributed by atoms with Gasteiger partial charge in [-0.05, 0) is 27.2 Å². The van der Waals surface area contributed by atoms with E-state index >= 15 is 0 Å². The molecule has 4 nitrogen and oxygen atoms in total. The van der Waals surface area contributed by atoms with Crippen LogP contribution >= 0.6 is 0 Å². The maximum atomic E-state index is 5.58. The van der Waals surface area contributed by atoms with Crippen LogP contribution in [0.3, 0.4) is 0 Å². The molecule has 0 aromatic rings. The first-order valence-corrected chi connectivity index (χ1v) is 5.23. The van der Waals surface area contributed by atoms with Gasteiger partial charge in [-0.1, -0.05) is 7.43 Å². The summed E-state index contributed by atoms with van der Waals surface area (Å²) in [7, 11) is 0. The molecule has 0 aliphatic rings. The maximum absolute atomic E-state index is 5.58. The van der Waals surface area contributed by atoms with Crippen LogP contribution < -0.4 is 11.5 Å². The minimum Gasteiger partial charge on any atom is -0.379 e. The van der Waals surface area contributed by atoms with Gasteiger partial charge in [0.15, 0.2) is 0 Å². The Bertz CT molecular complexity index is 130. The standard InChI is InChI=1S/C10H24N2O2.CH4/c1-8(11)4-5-13-7-10(3)14-6-9(2)12;/h8-10H,4-7,11-12H2,1-3H3;1H4. The van der Waals surface area contributed by atoms with E-state index in [-0.39, 0.29) is 25.6 Å². The third-order valence-corrected chi connectivity index (χ3v) is 1.71. The summed E-state index contributed by atoms with van der Waals surface area (Å²) in [6.45, 7) is 7.76. The van der Waals surface area contributed by atoms with Crippen molar-refractivity contribution in [2.24, 2.45) is 11.5 Å². The predicted molar refractivity (Wildman–Crippen MR) is 64.9 cm³/mol. The molecule has 0 saturated heterocycles. The van der Waals surface area contributed by atoms with E-state index in [1.54, 1.807) is 0 Å². The zero-order valence-electron chi connectivity index (χ0n) is 9.53. The van der Waals surface area contributed by atoms with Crippen molar-refractivity contribution in [2.75, 3.05) is 19.8 Å². The van der Waals surface area contributed by atoms with Crippen molar-refractivity contribution >= 4 is 0 Å². The first-order valence-electron chi connectivity index (χ1n) is 5.23. The summed E-state index contributed by atoms with van der Waals surface area (Å²) in [6, 6.07) is 0.289. The van der Waals surface area contributed by atoms with Crippen LogP contribution in [0, 0.1) is 0 Å². The second kappa shape index (κ2) is 10.4. The van der Waals surface area contributed by atoms with Crippen molar-refractivity contribution in [3.8, 4) is 0 Å². The van der Waals surface area contributed by atoms with E-state index in [1.807, 2.05) is 20.8 Å². The quantitative estimate of drug-likeness (QED) is 0.602. The fourth-order valence-electron chi connectivity index (χ4n) is 0.883. The van der Waals surface area contributed by atoms with E-state index in [0.717, 1.165) is 6.42 Å². The van der Waals surface area contributed by atoms with Crippen LogP contribution in [0.5, 0.6) is 0 Å². The molecule has 0 aromatic heterocycles. The molecule has 0 fully saturated rings. The van der Waals surface area contributed by atoms with E-state index in [2.05, 4.69) is 0 Å². The molecule has 0 radical (unpaired) electrons. The molecule has 0 aromatic carbocycles. The summed E-state index contributed by atoms with van der Waals surface area (Å²) in [5.74, 6) is 0. The van der Waals surface area contributed by atoms with Crippen LogP contribution in [0.25, 0.3) is 0 Å². The highest BCUT2D eigenvalue weighted by Gasteiger charge is 2.04. The summed E-state index contributed by atoms with van der Waals surface area (Å²) in [6.07, 6.45) is 0.995. The highest BCUT2D eigenvalue weighted by atomic mass is 16.5. The average Bonchev–Trinajstić information content (AvgIpc) is 2.08. The summed E-state index contributed by atoms with van der Waals surface area (Å²) in [5.41, 5.74) is 11.1. The van der Waals surface area contributed by atoms with Crippen molar-refractivity contribution in [3.05, 3.63) is 0 Å². The lowest BCUT2D eigenvalue weighted by atomic mass is 10.3. The molecule has 0 heterocycles. The molecule has 0 bridgehead atoms. The largest absolute Gasteiger partial charge is 0.379 e. The van der Waals surface area contributed by atoms with Gasteiger partial charge < -0.3 is 20.9 Å². The zero-order valence-corrected chi connectivity index (χ0v) is 9.53. The van der Waals surface area contributed by atoms with Crippen molar-refractivity contribution in [2.45, 2.75) is 52.8 Å². The minimum absolute atomic E-state index is 0. The summed E-state index contributed by atoms with van der Waals surface area (Å²) in [4.78, 5) is 0. The molecule has 15 heavy (non-hydrogen) atoms. The molecule has 3 unspecified atom stereocenters. The van der Waals surface area contributed by atoms with Crippen molar-refractivity contribution in [1.29, 1.82) is 0 Å². The molecule has 4 N–H and O–H groups in total. The molecular formula is C11H28N2O2. The van der Waals surface area contributed by atoms with Gasteiger partial charge in [0.05, 0.1) is 19.3 Å². The monoisotopic (exact) mass is 220 g/mol. The molecule has 0 amide bonds. The van der Waals surface area contributed by atoms with Crippen LogP contribution in [-0.4, -0.2) is 38.0 Å². The Morgan fingerprint density at radius 1 is 1.00 bits per heavy atom. The van der Waals surface area contributed by atoms with E-state index in [9.17, 15) is 0 Å². The Hall–Kier alpha value is -0.160. The van der Waals surface area contributed by atoms with Gasteiger partial charge >= 0.3 is 0 Å². The maximum Gasteiger partial charge on any atom is 0.0781 e. The highest BCUT2D eigenvalue weighted by Crippen LogP contribution is 1.95. The van der Waals surface area contributed by atoms with Gasteiger partial charge in [0.1, 0.15) is 0 Å². The molecule has 0 aliphatic heterocycles. The molecule has 0 saturated carbocycles. The molecule has 0 rings (SSSR count). The zero-order chi connectivity index (χ0) is 11.0. The molecule has 0 aliphatic carbocycles.